The van der Waals surface area contributed by atoms with Gasteiger partial charge in [0.15, 0.2) is 0 Å². The van der Waals surface area contributed by atoms with Crippen LogP contribution >= 0.6 is 0 Å². The Labute approximate surface area is 114 Å². The average molecular weight is 287 g/mol. The first-order valence-corrected chi connectivity index (χ1v) is 8.09. The van der Waals surface area contributed by atoms with Crippen LogP contribution in [0, 0.1) is 0 Å². The molecule has 0 fully saturated rings. The van der Waals surface area contributed by atoms with Crippen LogP contribution in [0.5, 0.6) is 11.5 Å². The third-order valence-corrected chi connectivity index (χ3v) is 3.63. The monoisotopic (exact) mass is 287 g/mol. The molecule has 1 aromatic rings. The van der Waals surface area contributed by atoms with Gasteiger partial charge in [0, 0.05) is 18.4 Å². The largest absolute Gasteiger partial charge is 0.497 e. The number of sulfone groups is 1. The normalized spacial score (nSPS) is 13.1. The number of hydrogen-bond acceptors (Lipinski definition) is 5. The minimum Gasteiger partial charge on any atom is -0.497 e. The summed E-state index contributed by atoms with van der Waals surface area (Å²) in [6, 6.07) is 5.12. The van der Waals surface area contributed by atoms with Crippen molar-refractivity contribution in [3.05, 3.63) is 23.8 Å². The summed E-state index contributed by atoms with van der Waals surface area (Å²) in [5.74, 6) is 1.33. The minimum absolute atomic E-state index is 0.0389. The number of nitrogens with one attached hydrogen (secondary N) is 1. The molecule has 108 valence electrons. The molecule has 1 rings (SSSR count). The van der Waals surface area contributed by atoms with Crippen LogP contribution in [0.4, 0.5) is 0 Å². The Morgan fingerprint density at radius 3 is 2.05 bits per heavy atom. The van der Waals surface area contributed by atoms with E-state index in [1.165, 1.54) is 6.26 Å². The van der Waals surface area contributed by atoms with Gasteiger partial charge in [0.05, 0.1) is 20.0 Å². The number of methoxy groups -OCH3 is 2. The highest BCUT2D eigenvalue weighted by atomic mass is 32.2. The average Bonchev–Trinajstić information content (AvgIpc) is 2.36. The van der Waals surface area contributed by atoms with Gasteiger partial charge in [-0.05, 0) is 24.2 Å². The van der Waals surface area contributed by atoms with E-state index in [1.807, 2.05) is 19.1 Å². The number of benzene rings is 1. The smallest absolute Gasteiger partial charge is 0.149 e. The van der Waals surface area contributed by atoms with Crippen molar-refractivity contribution in [2.24, 2.45) is 0 Å². The van der Waals surface area contributed by atoms with Gasteiger partial charge in [0.25, 0.3) is 0 Å². The van der Waals surface area contributed by atoms with Crippen molar-refractivity contribution in [3.8, 4) is 11.5 Å². The van der Waals surface area contributed by atoms with Gasteiger partial charge in [-0.1, -0.05) is 6.92 Å². The molecule has 0 bridgehead atoms. The van der Waals surface area contributed by atoms with Gasteiger partial charge < -0.3 is 14.8 Å². The Bertz CT molecular complexity index is 491. The number of ether oxygens (including phenoxy) is 2. The summed E-state index contributed by atoms with van der Waals surface area (Å²) < 4.78 is 33.4. The zero-order chi connectivity index (χ0) is 14.5. The summed E-state index contributed by atoms with van der Waals surface area (Å²) >= 11 is 0. The molecule has 0 radical (unpaired) electrons. The number of hydrogen-bond donors (Lipinski definition) is 1. The summed E-state index contributed by atoms with van der Waals surface area (Å²) in [6.45, 7) is 2.62. The van der Waals surface area contributed by atoms with E-state index in [-0.39, 0.29) is 11.8 Å². The van der Waals surface area contributed by atoms with Gasteiger partial charge in [-0.15, -0.1) is 0 Å². The fourth-order valence-electron chi connectivity index (χ4n) is 1.85. The van der Waals surface area contributed by atoms with Gasteiger partial charge in [-0.3, -0.25) is 0 Å². The van der Waals surface area contributed by atoms with Crippen molar-refractivity contribution in [2.45, 2.75) is 13.0 Å². The Hall–Kier alpha value is -1.27. The molecule has 1 unspecified atom stereocenters. The van der Waals surface area contributed by atoms with E-state index in [1.54, 1.807) is 20.3 Å². The molecular weight excluding hydrogens is 266 g/mol. The highest BCUT2D eigenvalue weighted by molar-refractivity contribution is 7.90. The standard InChI is InChI=1S/C13H21NO4S/c1-5-14-13(9-19(4,15)16)10-6-11(17-2)8-12(7-10)18-3/h6-8,13-14H,5,9H2,1-4H3. The molecule has 0 saturated carbocycles. The second kappa shape index (κ2) is 6.77. The Morgan fingerprint density at radius 2 is 1.68 bits per heavy atom. The molecule has 1 aromatic carbocycles. The molecule has 0 heterocycles. The number of rotatable bonds is 7. The summed E-state index contributed by atoms with van der Waals surface area (Å²) in [5, 5.41) is 3.17. The van der Waals surface area contributed by atoms with Crippen LogP contribution in [0.15, 0.2) is 18.2 Å². The zero-order valence-electron chi connectivity index (χ0n) is 11.8. The van der Waals surface area contributed by atoms with E-state index < -0.39 is 9.84 Å². The summed E-state index contributed by atoms with van der Waals surface area (Å²) in [7, 11) is 0.0567. The molecule has 0 amide bonds. The Balaban J connectivity index is 3.13. The molecule has 0 aromatic heterocycles. The highest BCUT2D eigenvalue weighted by Crippen LogP contribution is 2.27. The molecule has 1 N–H and O–H groups in total. The van der Waals surface area contributed by atoms with Crippen LogP contribution in [0.1, 0.15) is 18.5 Å². The van der Waals surface area contributed by atoms with E-state index in [4.69, 9.17) is 9.47 Å². The van der Waals surface area contributed by atoms with E-state index in [0.717, 1.165) is 5.56 Å². The lowest BCUT2D eigenvalue weighted by molar-refractivity contribution is 0.392. The maximum absolute atomic E-state index is 11.5. The highest BCUT2D eigenvalue weighted by Gasteiger charge is 2.18. The first-order chi connectivity index (χ1) is 8.89. The molecule has 0 aliphatic heterocycles. The third kappa shape index (κ3) is 5.08. The van der Waals surface area contributed by atoms with Crippen LogP contribution in [-0.4, -0.2) is 41.2 Å². The lowest BCUT2D eigenvalue weighted by Crippen LogP contribution is -2.27. The van der Waals surface area contributed by atoms with E-state index in [0.29, 0.717) is 18.0 Å². The topological polar surface area (TPSA) is 64.6 Å². The molecule has 5 nitrogen and oxygen atoms in total. The van der Waals surface area contributed by atoms with E-state index >= 15 is 0 Å². The van der Waals surface area contributed by atoms with E-state index in [2.05, 4.69) is 5.32 Å². The molecular formula is C13H21NO4S. The Morgan fingerprint density at radius 1 is 1.16 bits per heavy atom. The third-order valence-electron chi connectivity index (χ3n) is 2.70. The summed E-state index contributed by atoms with van der Waals surface area (Å²) in [6.07, 6.45) is 1.23. The predicted molar refractivity (Wildman–Crippen MR) is 75.7 cm³/mol. The first kappa shape index (κ1) is 15.8. The molecule has 0 aliphatic carbocycles. The van der Waals surface area contributed by atoms with Crippen LogP contribution in [0.2, 0.25) is 0 Å². The fraction of sp³-hybridized carbons (Fsp3) is 0.538. The van der Waals surface area contributed by atoms with Crippen LogP contribution in [0.3, 0.4) is 0 Å². The maximum Gasteiger partial charge on any atom is 0.149 e. The van der Waals surface area contributed by atoms with Gasteiger partial charge in [0.2, 0.25) is 0 Å². The molecule has 0 spiro atoms. The van der Waals surface area contributed by atoms with Gasteiger partial charge in [0.1, 0.15) is 21.3 Å². The van der Waals surface area contributed by atoms with Crippen LogP contribution in [-0.2, 0) is 9.84 Å². The lowest BCUT2D eigenvalue weighted by Gasteiger charge is -2.19. The van der Waals surface area contributed by atoms with Gasteiger partial charge >= 0.3 is 0 Å². The van der Waals surface area contributed by atoms with Crippen molar-refractivity contribution in [2.75, 3.05) is 32.8 Å². The van der Waals surface area contributed by atoms with E-state index in [9.17, 15) is 8.42 Å². The zero-order valence-corrected chi connectivity index (χ0v) is 12.6. The van der Waals surface area contributed by atoms with Crippen molar-refractivity contribution < 1.29 is 17.9 Å². The van der Waals surface area contributed by atoms with Crippen molar-refractivity contribution in [3.63, 3.8) is 0 Å². The summed E-state index contributed by atoms with van der Waals surface area (Å²) in [5.41, 5.74) is 0.837. The molecule has 6 heteroatoms. The molecule has 0 saturated heterocycles. The van der Waals surface area contributed by atoms with Crippen molar-refractivity contribution in [1.82, 2.24) is 5.32 Å². The van der Waals surface area contributed by atoms with Crippen molar-refractivity contribution >= 4 is 9.84 Å². The quantitative estimate of drug-likeness (QED) is 0.821. The maximum atomic E-state index is 11.5. The SMILES string of the molecule is CCNC(CS(C)(=O)=O)c1cc(OC)cc(OC)c1. The van der Waals surface area contributed by atoms with Gasteiger partial charge in [-0.25, -0.2) is 8.42 Å². The van der Waals surface area contributed by atoms with Crippen molar-refractivity contribution in [1.29, 1.82) is 0 Å². The van der Waals surface area contributed by atoms with Crippen LogP contribution in [0.25, 0.3) is 0 Å². The minimum atomic E-state index is -3.08. The summed E-state index contributed by atoms with van der Waals surface area (Å²) in [4.78, 5) is 0. The molecule has 0 aliphatic rings. The van der Waals surface area contributed by atoms with Crippen LogP contribution < -0.4 is 14.8 Å². The second-order valence-electron chi connectivity index (χ2n) is 4.35. The molecule has 1 atom stereocenters. The lowest BCUT2D eigenvalue weighted by atomic mass is 10.1. The first-order valence-electron chi connectivity index (χ1n) is 6.03. The molecule has 19 heavy (non-hydrogen) atoms. The second-order valence-corrected chi connectivity index (χ2v) is 6.53. The fourth-order valence-corrected chi connectivity index (χ4v) is 2.77. The predicted octanol–water partition coefficient (Wildman–Crippen LogP) is 1.40. The van der Waals surface area contributed by atoms with Gasteiger partial charge in [-0.2, -0.15) is 0 Å². The Kier molecular flexibility index (Phi) is 5.62.